The van der Waals surface area contributed by atoms with Crippen molar-refractivity contribution in [3.63, 3.8) is 0 Å². The second-order valence-electron chi connectivity index (χ2n) is 10.1. The van der Waals surface area contributed by atoms with Crippen LogP contribution < -0.4 is 5.73 Å². The van der Waals surface area contributed by atoms with E-state index in [0.29, 0.717) is 6.04 Å². The lowest BCUT2D eigenvalue weighted by Crippen LogP contribution is -2.19. The van der Waals surface area contributed by atoms with Crippen molar-refractivity contribution in [1.82, 2.24) is 0 Å². The van der Waals surface area contributed by atoms with Crippen LogP contribution in [0, 0.1) is 0 Å². The molecule has 0 aromatic heterocycles. The fourth-order valence-corrected chi connectivity index (χ4v) is 4.52. The summed E-state index contributed by atoms with van der Waals surface area (Å²) in [5.41, 5.74) is 6.33. The molecule has 0 aromatic rings. The monoisotopic (exact) mass is 435 g/mol. The van der Waals surface area contributed by atoms with Gasteiger partial charge in [0.15, 0.2) is 0 Å². The van der Waals surface area contributed by atoms with Gasteiger partial charge in [0.25, 0.3) is 0 Å². The third-order valence-electron chi connectivity index (χ3n) is 6.77. The highest BCUT2D eigenvalue weighted by Crippen LogP contribution is 2.14. The summed E-state index contributed by atoms with van der Waals surface area (Å²) in [5, 5.41) is 0. The van der Waals surface area contributed by atoms with Crippen LogP contribution >= 0.6 is 0 Å². The van der Waals surface area contributed by atoms with Gasteiger partial charge in [-0.2, -0.15) is 0 Å². The molecular formula is C30H61N. The molecule has 1 nitrogen and oxygen atoms in total. The third-order valence-corrected chi connectivity index (χ3v) is 6.77. The lowest BCUT2D eigenvalue weighted by atomic mass is 10.0. The summed E-state index contributed by atoms with van der Waals surface area (Å²) in [7, 11) is 0. The Kier molecular flexibility index (Phi) is 27.5. The highest BCUT2D eigenvalue weighted by molar-refractivity contribution is 4.81. The summed E-state index contributed by atoms with van der Waals surface area (Å²) >= 11 is 0. The molecule has 0 heterocycles. The highest BCUT2D eigenvalue weighted by Gasteiger charge is 2.02. The highest BCUT2D eigenvalue weighted by atomic mass is 14.6. The normalized spacial score (nSPS) is 12.7. The van der Waals surface area contributed by atoms with Crippen LogP contribution in [0.3, 0.4) is 0 Å². The molecule has 1 unspecified atom stereocenters. The van der Waals surface area contributed by atoms with Gasteiger partial charge in [-0.05, 0) is 38.5 Å². The van der Waals surface area contributed by atoms with Crippen LogP contribution in [0.25, 0.3) is 0 Å². The van der Waals surface area contributed by atoms with Crippen LogP contribution in [-0.4, -0.2) is 6.04 Å². The van der Waals surface area contributed by atoms with Gasteiger partial charge in [0, 0.05) is 6.04 Å². The van der Waals surface area contributed by atoms with Crippen molar-refractivity contribution in [3.8, 4) is 0 Å². The number of allylic oxidation sites excluding steroid dienone is 2. The number of rotatable bonds is 26. The van der Waals surface area contributed by atoms with Gasteiger partial charge in [0.05, 0.1) is 0 Å². The zero-order valence-electron chi connectivity index (χ0n) is 22.0. The maximum atomic E-state index is 6.33. The molecule has 0 aromatic carbocycles. The Morgan fingerprint density at radius 3 is 1.06 bits per heavy atom. The number of unbranched alkanes of at least 4 members (excludes halogenated alkanes) is 20. The van der Waals surface area contributed by atoms with Gasteiger partial charge in [-0.15, -0.1) is 0 Å². The summed E-state index contributed by atoms with van der Waals surface area (Å²) < 4.78 is 0. The van der Waals surface area contributed by atoms with Crippen LogP contribution in [0.2, 0.25) is 0 Å². The SMILES string of the molecule is CCCCCCCC/C=C\CCCCCCCC(N)CCCCCCCCCCCC. The van der Waals surface area contributed by atoms with Gasteiger partial charge < -0.3 is 5.73 Å². The predicted octanol–water partition coefficient (Wildman–Crippen LogP) is 10.7. The van der Waals surface area contributed by atoms with Crippen molar-refractivity contribution in [2.24, 2.45) is 5.73 Å². The molecule has 186 valence electrons. The van der Waals surface area contributed by atoms with Crippen molar-refractivity contribution in [3.05, 3.63) is 12.2 Å². The molecule has 0 radical (unpaired) electrons. The molecule has 0 bridgehead atoms. The summed E-state index contributed by atoms with van der Waals surface area (Å²) in [6.45, 7) is 4.58. The molecule has 31 heavy (non-hydrogen) atoms. The van der Waals surface area contributed by atoms with Crippen LogP contribution in [0.1, 0.15) is 174 Å². The van der Waals surface area contributed by atoms with E-state index in [0.717, 1.165) is 0 Å². The van der Waals surface area contributed by atoms with Gasteiger partial charge in [0.2, 0.25) is 0 Å². The molecule has 2 N–H and O–H groups in total. The molecule has 1 atom stereocenters. The first-order chi connectivity index (χ1) is 15.3. The topological polar surface area (TPSA) is 26.0 Å². The van der Waals surface area contributed by atoms with E-state index < -0.39 is 0 Å². The van der Waals surface area contributed by atoms with Crippen molar-refractivity contribution in [2.75, 3.05) is 0 Å². The Balaban J connectivity index is 3.19. The largest absolute Gasteiger partial charge is 0.328 e. The average Bonchev–Trinajstić information content (AvgIpc) is 2.77. The summed E-state index contributed by atoms with van der Waals surface area (Å²) in [6, 6.07) is 0.457. The summed E-state index contributed by atoms with van der Waals surface area (Å²) in [5.74, 6) is 0. The predicted molar refractivity (Wildman–Crippen MR) is 144 cm³/mol. The molecule has 0 aliphatic carbocycles. The maximum Gasteiger partial charge on any atom is 0.00388 e. The van der Waals surface area contributed by atoms with Gasteiger partial charge >= 0.3 is 0 Å². The van der Waals surface area contributed by atoms with E-state index in [1.165, 1.54) is 161 Å². The molecule has 0 amide bonds. The third kappa shape index (κ3) is 27.7. The van der Waals surface area contributed by atoms with Crippen molar-refractivity contribution in [2.45, 2.75) is 180 Å². The zero-order valence-corrected chi connectivity index (χ0v) is 22.0. The first-order valence-electron chi connectivity index (χ1n) is 14.7. The quantitative estimate of drug-likeness (QED) is 0.106. The lowest BCUT2D eigenvalue weighted by Gasteiger charge is -2.11. The zero-order chi connectivity index (χ0) is 22.7. The molecule has 0 aliphatic heterocycles. The number of nitrogens with two attached hydrogens (primary N) is 1. The minimum Gasteiger partial charge on any atom is -0.328 e. The average molecular weight is 436 g/mol. The van der Waals surface area contributed by atoms with E-state index in [1.54, 1.807) is 0 Å². The Labute approximate surface area is 198 Å². The summed E-state index contributed by atoms with van der Waals surface area (Å²) in [4.78, 5) is 0. The Morgan fingerprint density at radius 2 is 0.710 bits per heavy atom. The van der Waals surface area contributed by atoms with E-state index in [-0.39, 0.29) is 0 Å². The Morgan fingerprint density at radius 1 is 0.419 bits per heavy atom. The molecule has 0 saturated heterocycles. The molecular weight excluding hydrogens is 374 g/mol. The van der Waals surface area contributed by atoms with Gasteiger partial charge in [-0.3, -0.25) is 0 Å². The maximum absolute atomic E-state index is 6.33. The van der Waals surface area contributed by atoms with Crippen molar-refractivity contribution in [1.29, 1.82) is 0 Å². The second kappa shape index (κ2) is 27.7. The van der Waals surface area contributed by atoms with Crippen molar-refractivity contribution >= 4 is 0 Å². The van der Waals surface area contributed by atoms with Crippen LogP contribution in [0.15, 0.2) is 12.2 Å². The first kappa shape index (κ1) is 30.7. The molecule has 0 aliphatic rings. The summed E-state index contributed by atoms with van der Waals surface area (Å²) in [6.07, 6.45) is 39.5. The smallest absolute Gasteiger partial charge is 0.00388 e. The molecule has 0 spiro atoms. The minimum absolute atomic E-state index is 0.457. The Bertz CT molecular complexity index is 335. The molecule has 0 saturated carbocycles. The van der Waals surface area contributed by atoms with E-state index in [2.05, 4.69) is 26.0 Å². The standard InChI is InChI=1S/C30H61N/c1-3-5-7-9-11-13-15-16-17-18-19-21-23-25-27-29-30(31)28-26-24-22-20-14-12-10-8-6-4-2/h16-17,30H,3-15,18-29,31H2,1-2H3/b17-16-. The molecule has 0 rings (SSSR count). The van der Waals surface area contributed by atoms with E-state index in [9.17, 15) is 0 Å². The van der Waals surface area contributed by atoms with Crippen molar-refractivity contribution < 1.29 is 0 Å². The second-order valence-corrected chi connectivity index (χ2v) is 10.1. The fraction of sp³-hybridized carbons (Fsp3) is 0.933. The van der Waals surface area contributed by atoms with Crippen LogP contribution in [0.5, 0.6) is 0 Å². The fourth-order valence-electron chi connectivity index (χ4n) is 4.52. The number of hydrogen-bond acceptors (Lipinski definition) is 1. The van der Waals surface area contributed by atoms with Gasteiger partial charge in [0.1, 0.15) is 0 Å². The lowest BCUT2D eigenvalue weighted by molar-refractivity contribution is 0.481. The number of hydrogen-bond donors (Lipinski definition) is 1. The van der Waals surface area contributed by atoms with Gasteiger partial charge in [-0.1, -0.05) is 148 Å². The van der Waals surface area contributed by atoms with Crippen LogP contribution in [0.4, 0.5) is 0 Å². The first-order valence-corrected chi connectivity index (χ1v) is 14.7. The molecule has 0 fully saturated rings. The van der Waals surface area contributed by atoms with E-state index in [4.69, 9.17) is 5.73 Å². The van der Waals surface area contributed by atoms with Gasteiger partial charge in [-0.25, -0.2) is 0 Å². The minimum atomic E-state index is 0.457. The van der Waals surface area contributed by atoms with Crippen LogP contribution in [-0.2, 0) is 0 Å². The Hall–Kier alpha value is -0.300. The van der Waals surface area contributed by atoms with E-state index >= 15 is 0 Å². The van der Waals surface area contributed by atoms with E-state index in [1.807, 2.05) is 0 Å². The molecule has 1 heteroatoms.